The lowest BCUT2D eigenvalue weighted by molar-refractivity contribution is 0.284. The molecule has 0 atom stereocenters. The quantitative estimate of drug-likeness (QED) is 0.467. The van der Waals surface area contributed by atoms with Gasteiger partial charge in [0.25, 0.3) is 0 Å². The molecule has 1 aromatic carbocycles. The summed E-state index contributed by atoms with van der Waals surface area (Å²) < 4.78 is 28.8. The van der Waals surface area contributed by atoms with Gasteiger partial charge in [-0.3, -0.25) is 4.90 Å². The van der Waals surface area contributed by atoms with E-state index in [2.05, 4.69) is 26.0 Å². The van der Waals surface area contributed by atoms with Gasteiger partial charge in [0, 0.05) is 69.7 Å². The van der Waals surface area contributed by atoms with E-state index in [-0.39, 0.29) is 25.0 Å². The van der Waals surface area contributed by atoms with E-state index in [0.29, 0.717) is 37.0 Å². The number of anilines is 3. The maximum Gasteiger partial charge on any atom is 0.224 e. The molecule has 36 heavy (non-hydrogen) atoms. The highest BCUT2D eigenvalue weighted by Crippen LogP contribution is 2.21. The predicted molar refractivity (Wildman–Crippen MR) is 140 cm³/mol. The van der Waals surface area contributed by atoms with E-state index < -0.39 is 11.6 Å². The molecule has 0 amide bonds. The summed E-state index contributed by atoms with van der Waals surface area (Å²) in [5.41, 5.74) is 8.35. The average molecular weight is 521 g/mol. The molecule has 0 radical (unpaired) electrons. The Bertz CT molecular complexity index is 1180. The number of likely N-dealkylation sites (N-methyl/N-ethyl adjacent to an activating group) is 1. The number of rotatable bonds is 8. The van der Waals surface area contributed by atoms with Crippen LogP contribution in [0.4, 0.5) is 26.2 Å². The summed E-state index contributed by atoms with van der Waals surface area (Å²) in [6.07, 6.45) is 5.88. The van der Waals surface area contributed by atoms with Crippen molar-refractivity contribution in [3.63, 3.8) is 0 Å². The number of hydrogen-bond donors (Lipinski definition) is 2. The smallest absolute Gasteiger partial charge is 0.224 e. The van der Waals surface area contributed by atoms with Crippen molar-refractivity contribution in [1.29, 1.82) is 0 Å². The fourth-order valence-electron chi connectivity index (χ4n) is 4.06. The van der Waals surface area contributed by atoms with Gasteiger partial charge in [-0.1, -0.05) is 12.2 Å². The second-order valence-electron chi connectivity index (χ2n) is 8.50. The molecule has 2 aromatic heterocycles. The van der Waals surface area contributed by atoms with Crippen LogP contribution >= 0.6 is 12.4 Å². The number of aliphatic hydroxyl groups is 1. The molecule has 1 saturated heterocycles. The first kappa shape index (κ1) is 27.3. The summed E-state index contributed by atoms with van der Waals surface area (Å²) in [5.74, 6) is 0.182. The lowest BCUT2D eigenvalue weighted by Crippen LogP contribution is -2.46. The third kappa shape index (κ3) is 6.48. The summed E-state index contributed by atoms with van der Waals surface area (Å²) in [4.78, 5) is 14.6. The van der Waals surface area contributed by atoms with Gasteiger partial charge in [0.1, 0.15) is 17.5 Å². The Balaban J connectivity index is 0.00000361. The minimum atomic E-state index is -0.556. The normalized spacial score (nSPS) is 14.3. The average Bonchev–Trinajstić information content (AvgIpc) is 3.19. The van der Waals surface area contributed by atoms with Crippen molar-refractivity contribution in [1.82, 2.24) is 24.6 Å². The van der Waals surface area contributed by atoms with Gasteiger partial charge in [-0.25, -0.2) is 13.5 Å². The summed E-state index contributed by atoms with van der Waals surface area (Å²) in [5, 5.41) is 13.7. The zero-order valence-corrected chi connectivity index (χ0v) is 21.1. The second-order valence-corrected chi connectivity index (χ2v) is 8.50. The Hall–Kier alpha value is -3.28. The molecular weight excluding hydrogens is 490 g/mol. The molecule has 3 N–H and O–H groups in total. The van der Waals surface area contributed by atoms with Crippen molar-refractivity contribution in [2.75, 3.05) is 68.5 Å². The van der Waals surface area contributed by atoms with Crippen LogP contribution in [0.5, 0.6) is 0 Å². The number of nitrogen functional groups attached to an aromatic ring is 1. The molecule has 1 aliphatic rings. The monoisotopic (exact) mass is 520 g/mol. The molecule has 3 aromatic rings. The van der Waals surface area contributed by atoms with Crippen LogP contribution in [0.2, 0.25) is 0 Å². The molecule has 1 fully saturated rings. The van der Waals surface area contributed by atoms with Gasteiger partial charge in [-0.2, -0.15) is 15.1 Å². The Morgan fingerprint density at radius 3 is 2.44 bits per heavy atom. The molecule has 0 aliphatic carbocycles. The van der Waals surface area contributed by atoms with Crippen molar-refractivity contribution in [2.45, 2.75) is 6.92 Å². The van der Waals surface area contributed by atoms with E-state index >= 15 is 0 Å². The first-order valence-corrected chi connectivity index (χ1v) is 11.5. The van der Waals surface area contributed by atoms with Gasteiger partial charge in [0.05, 0.1) is 18.5 Å². The lowest BCUT2D eigenvalue weighted by Gasteiger charge is -2.35. The maximum absolute atomic E-state index is 13.5. The van der Waals surface area contributed by atoms with Crippen LogP contribution in [0.1, 0.15) is 11.3 Å². The molecule has 0 spiro atoms. The number of aliphatic hydroxyl groups excluding tert-OH is 1. The second kappa shape index (κ2) is 12.1. The number of hydrogen-bond acceptors (Lipinski definition) is 8. The fourth-order valence-corrected chi connectivity index (χ4v) is 4.06. The molecule has 0 saturated carbocycles. The summed E-state index contributed by atoms with van der Waals surface area (Å²) in [6, 6.07) is 5.42. The van der Waals surface area contributed by atoms with Crippen molar-refractivity contribution in [3.8, 4) is 5.82 Å². The topological polar surface area (TPSA) is 99.6 Å². The molecule has 0 unspecified atom stereocenters. The van der Waals surface area contributed by atoms with Crippen LogP contribution in [-0.4, -0.2) is 82.7 Å². The van der Waals surface area contributed by atoms with Crippen molar-refractivity contribution < 1.29 is 13.9 Å². The summed E-state index contributed by atoms with van der Waals surface area (Å²) >= 11 is 0. The summed E-state index contributed by atoms with van der Waals surface area (Å²) in [6.45, 7) is 6.15. The maximum atomic E-state index is 13.5. The SMILES string of the molecule is Cc1c(C=CCN2CCN(c3cc(F)cc(F)c3)CC2)cnn1-c1cc(N(C)CCO)nc(N)n1.Cl. The van der Waals surface area contributed by atoms with Crippen LogP contribution in [0.25, 0.3) is 11.9 Å². The van der Waals surface area contributed by atoms with Crippen LogP contribution in [-0.2, 0) is 0 Å². The van der Waals surface area contributed by atoms with Gasteiger partial charge >= 0.3 is 0 Å². The van der Waals surface area contributed by atoms with E-state index in [0.717, 1.165) is 37.0 Å². The molecule has 1 aliphatic heterocycles. The van der Waals surface area contributed by atoms with Crippen molar-refractivity contribution in [2.24, 2.45) is 0 Å². The van der Waals surface area contributed by atoms with Crippen molar-refractivity contribution >= 4 is 35.9 Å². The number of nitrogens with two attached hydrogens (primary N) is 1. The number of halogens is 3. The highest BCUT2D eigenvalue weighted by atomic mass is 35.5. The van der Waals surface area contributed by atoms with Gasteiger partial charge in [-0.05, 0) is 19.1 Å². The minimum absolute atomic E-state index is 0. The molecule has 12 heteroatoms. The highest BCUT2D eigenvalue weighted by Gasteiger charge is 2.18. The van der Waals surface area contributed by atoms with E-state index in [9.17, 15) is 13.9 Å². The standard InChI is InChI=1S/C24H30F2N8O.ClH/c1-17-18(16-28-34(17)23-15-22(29-24(27)30-23)31(2)10-11-35)4-3-5-32-6-8-33(9-7-32)21-13-19(25)12-20(26)14-21;/h3-4,12-16,35H,5-11H2,1-2H3,(H2,27,29,30);1H. The lowest BCUT2D eigenvalue weighted by atomic mass is 10.2. The molecule has 194 valence electrons. The first-order valence-electron chi connectivity index (χ1n) is 11.5. The third-order valence-corrected chi connectivity index (χ3v) is 6.05. The minimum Gasteiger partial charge on any atom is -0.395 e. The summed E-state index contributed by atoms with van der Waals surface area (Å²) in [7, 11) is 1.82. The number of piperazine rings is 1. The number of benzene rings is 1. The van der Waals surface area contributed by atoms with Gasteiger partial charge in [0.2, 0.25) is 5.95 Å². The first-order chi connectivity index (χ1) is 16.8. The Morgan fingerprint density at radius 2 is 1.78 bits per heavy atom. The Morgan fingerprint density at radius 1 is 1.08 bits per heavy atom. The van der Waals surface area contributed by atoms with E-state index in [4.69, 9.17) is 5.73 Å². The fraction of sp³-hybridized carbons (Fsp3) is 0.375. The zero-order valence-electron chi connectivity index (χ0n) is 20.3. The molecule has 9 nitrogen and oxygen atoms in total. The van der Waals surface area contributed by atoms with Gasteiger partial charge in [-0.15, -0.1) is 12.4 Å². The predicted octanol–water partition coefficient (Wildman–Crippen LogP) is 2.52. The zero-order chi connectivity index (χ0) is 24.9. The molecular formula is C24H31ClF2N8O. The van der Waals surface area contributed by atoms with Crippen molar-refractivity contribution in [3.05, 3.63) is 59.4 Å². The third-order valence-electron chi connectivity index (χ3n) is 6.05. The molecule has 3 heterocycles. The van der Waals surface area contributed by atoms with E-state index in [1.165, 1.54) is 12.1 Å². The highest BCUT2D eigenvalue weighted by molar-refractivity contribution is 5.85. The van der Waals surface area contributed by atoms with E-state index in [1.54, 1.807) is 21.8 Å². The molecule has 4 rings (SSSR count). The molecule has 0 bridgehead atoms. The Labute approximate surface area is 215 Å². The van der Waals surface area contributed by atoms with E-state index in [1.807, 2.05) is 24.9 Å². The van der Waals surface area contributed by atoms with Gasteiger partial charge < -0.3 is 20.6 Å². The van der Waals surface area contributed by atoms with Gasteiger partial charge in [0.15, 0.2) is 5.82 Å². The number of nitrogens with zero attached hydrogens (tertiary/aromatic N) is 7. The van der Waals surface area contributed by atoms with Crippen LogP contribution < -0.4 is 15.5 Å². The van der Waals surface area contributed by atoms with Crippen LogP contribution in [0.15, 0.2) is 36.5 Å². The van der Waals surface area contributed by atoms with Crippen LogP contribution in [0, 0.1) is 18.6 Å². The number of aromatic nitrogens is 4. The van der Waals surface area contributed by atoms with Crippen LogP contribution in [0.3, 0.4) is 0 Å². The Kier molecular flexibility index (Phi) is 9.19. The largest absolute Gasteiger partial charge is 0.395 e.